The molecule has 0 aromatic heterocycles. The van der Waals surface area contributed by atoms with Gasteiger partial charge in [-0.05, 0) is 52.2 Å². The van der Waals surface area contributed by atoms with Crippen molar-refractivity contribution in [1.82, 2.24) is 5.32 Å². The second-order valence-corrected chi connectivity index (χ2v) is 6.37. The van der Waals surface area contributed by atoms with Crippen molar-refractivity contribution < 1.29 is 0 Å². The van der Waals surface area contributed by atoms with Crippen LogP contribution >= 0.6 is 0 Å². The maximum absolute atomic E-state index is 9.44. The summed E-state index contributed by atoms with van der Waals surface area (Å²) in [5, 5.41) is 12.8. The van der Waals surface area contributed by atoms with E-state index in [0.29, 0.717) is 12.1 Å². The molecule has 1 heterocycles. The molecule has 0 spiro atoms. The molecule has 2 unspecified atom stereocenters. The van der Waals surface area contributed by atoms with E-state index in [1.807, 2.05) is 6.92 Å². The maximum Gasteiger partial charge on any atom is 0.105 e. The lowest BCUT2D eigenvalue weighted by Gasteiger charge is -2.31. The number of anilines is 1. The molecule has 1 N–H and O–H groups in total. The number of hydrogen-bond acceptors (Lipinski definition) is 3. The summed E-state index contributed by atoms with van der Waals surface area (Å²) in [4.78, 5) is 2.44. The van der Waals surface area contributed by atoms with Crippen LogP contribution in [0.25, 0.3) is 0 Å². The lowest BCUT2D eigenvalue weighted by Crippen LogP contribution is -2.47. The minimum Gasteiger partial charge on any atom is -0.368 e. The Kier molecular flexibility index (Phi) is 4.35. The minimum atomic E-state index is -0.453. The normalized spacial score (nSPS) is 20.6. The van der Waals surface area contributed by atoms with E-state index < -0.39 is 5.54 Å². The topological polar surface area (TPSA) is 39.1 Å². The van der Waals surface area contributed by atoms with Crippen LogP contribution in [-0.2, 0) is 6.42 Å². The van der Waals surface area contributed by atoms with Crippen LogP contribution in [0.1, 0.15) is 39.7 Å². The number of benzene rings is 1. The van der Waals surface area contributed by atoms with Crippen molar-refractivity contribution in [2.24, 2.45) is 0 Å². The van der Waals surface area contributed by atoms with Crippen molar-refractivity contribution in [3.8, 4) is 6.07 Å². The molecule has 0 saturated carbocycles. The molecule has 1 aliphatic heterocycles. The highest BCUT2D eigenvalue weighted by atomic mass is 15.2. The Morgan fingerprint density at radius 1 is 1.45 bits per heavy atom. The average Bonchev–Trinajstić information content (AvgIpc) is 2.71. The van der Waals surface area contributed by atoms with Gasteiger partial charge in [-0.25, -0.2) is 0 Å². The van der Waals surface area contributed by atoms with E-state index in [2.05, 4.69) is 61.3 Å². The Morgan fingerprint density at radius 2 is 2.15 bits per heavy atom. The van der Waals surface area contributed by atoms with Gasteiger partial charge in [0, 0.05) is 24.3 Å². The van der Waals surface area contributed by atoms with Gasteiger partial charge in [-0.1, -0.05) is 18.2 Å². The van der Waals surface area contributed by atoms with Gasteiger partial charge in [0.05, 0.1) is 6.07 Å². The Bertz CT molecular complexity index is 503. The number of hydrogen-bond donors (Lipinski definition) is 1. The molecule has 1 aliphatic rings. The van der Waals surface area contributed by atoms with Crippen LogP contribution in [0.2, 0.25) is 0 Å². The molecule has 2 rings (SSSR count). The van der Waals surface area contributed by atoms with Crippen molar-refractivity contribution in [2.45, 2.75) is 58.2 Å². The molecule has 108 valence electrons. The number of nitrogens with one attached hydrogen (secondary N) is 1. The van der Waals surface area contributed by atoms with Crippen molar-refractivity contribution in [1.29, 1.82) is 5.26 Å². The van der Waals surface area contributed by atoms with E-state index in [4.69, 9.17) is 0 Å². The van der Waals surface area contributed by atoms with Crippen LogP contribution in [0.3, 0.4) is 0 Å². The van der Waals surface area contributed by atoms with Gasteiger partial charge >= 0.3 is 0 Å². The molecular weight excluding hydrogens is 246 g/mol. The molecule has 0 aliphatic carbocycles. The van der Waals surface area contributed by atoms with Crippen LogP contribution in [0, 0.1) is 11.3 Å². The van der Waals surface area contributed by atoms with E-state index in [-0.39, 0.29) is 0 Å². The van der Waals surface area contributed by atoms with Crippen molar-refractivity contribution >= 4 is 5.69 Å². The molecule has 2 atom stereocenters. The summed E-state index contributed by atoms with van der Waals surface area (Å²) in [6.07, 6.45) is 1.94. The predicted molar refractivity (Wildman–Crippen MR) is 83.9 cm³/mol. The number of nitriles is 1. The smallest absolute Gasteiger partial charge is 0.105 e. The van der Waals surface area contributed by atoms with Gasteiger partial charge in [-0.2, -0.15) is 5.26 Å². The number of rotatable bonds is 5. The first-order valence-corrected chi connectivity index (χ1v) is 7.49. The first-order valence-electron chi connectivity index (χ1n) is 7.49. The maximum atomic E-state index is 9.44. The minimum absolute atomic E-state index is 0.322. The molecule has 0 saturated heterocycles. The number of fused-ring (bicyclic) bond motifs is 1. The summed E-state index contributed by atoms with van der Waals surface area (Å²) in [6, 6.07) is 11.9. The van der Waals surface area contributed by atoms with Gasteiger partial charge in [0.15, 0.2) is 0 Å². The monoisotopic (exact) mass is 271 g/mol. The average molecular weight is 271 g/mol. The zero-order valence-corrected chi connectivity index (χ0v) is 13.0. The molecule has 3 nitrogen and oxygen atoms in total. The van der Waals surface area contributed by atoms with E-state index in [9.17, 15) is 5.26 Å². The van der Waals surface area contributed by atoms with Crippen LogP contribution in [0.4, 0.5) is 5.69 Å². The van der Waals surface area contributed by atoms with E-state index in [1.54, 1.807) is 0 Å². The predicted octanol–water partition coefficient (Wildman–Crippen LogP) is 3.11. The third-order valence-electron chi connectivity index (χ3n) is 4.06. The highest BCUT2D eigenvalue weighted by Crippen LogP contribution is 2.32. The highest BCUT2D eigenvalue weighted by molar-refractivity contribution is 5.59. The van der Waals surface area contributed by atoms with E-state index in [1.165, 1.54) is 11.3 Å². The molecule has 0 bridgehead atoms. The Morgan fingerprint density at radius 3 is 2.80 bits per heavy atom. The Hall–Kier alpha value is -1.53. The third kappa shape index (κ3) is 3.13. The summed E-state index contributed by atoms with van der Waals surface area (Å²) < 4.78 is 0. The standard InChI is InChI=1S/C17H25N3/c1-13(2)19-17(4,12-18)9-10-20-14(3)11-15-7-5-6-8-16(15)20/h5-8,13-14,19H,9-11H2,1-4H3. The van der Waals surface area contributed by atoms with Crippen molar-refractivity contribution in [3.63, 3.8) is 0 Å². The fourth-order valence-corrected chi connectivity index (χ4v) is 3.11. The van der Waals surface area contributed by atoms with Gasteiger partial charge in [-0.3, -0.25) is 5.32 Å². The number of para-hydroxylation sites is 1. The lowest BCUT2D eigenvalue weighted by molar-refractivity contribution is 0.380. The SMILES string of the molecule is CC(C)NC(C)(C#N)CCN1c2ccccc2CC1C. The van der Waals surface area contributed by atoms with Crippen molar-refractivity contribution in [3.05, 3.63) is 29.8 Å². The second-order valence-electron chi connectivity index (χ2n) is 6.37. The molecule has 0 radical (unpaired) electrons. The van der Waals surface area contributed by atoms with Crippen LogP contribution in [0.5, 0.6) is 0 Å². The van der Waals surface area contributed by atoms with Gasteiger partial charge < -0.3 is 4.90 Å². The first kappa shape index (κ1) is 14.9. The zero-order valence-electron chi connectivity index (χ0n) is 13.0. The molecule has 1 aromatic rings. The summed E-state index contributed by atoms with van der Waals surface area (Å²) in [6.45, 7) is 9.36. The van der Waals surface area contributed by atoms with E-state index >= 15 is 0 Å². The molecule has 20 heavy (non-hydrogen) atoms. The highest BCUT2D eigenvalue weighted by Gasteiger charge is 2.29. The summed E-state index contributed by atoms with van der Waals surface area (Å²) >= 11 is 0. The molecule has 0 fully saturated rings. The molecule has 1 aromatic carbocycles. The van der Waals surface area contributed by atoms with Crippen LogP contribution in [0.15, 0.2) is 24.3 Å². The first-order chi connectivity index (χ1) is 9.45. The van der Waals surface area contributed by atoms with Gasteiger partial charge in [0.1, 0.15) is 5.54 Å². The lowest BCUT2D eigenvalue weighted by atomic mass is 9.98. The summed E-state index contributed by atoms with van der Waals surface area (Å²) in [5.41, 5.74) is 2.31. The Balaban J connectivity index is 2.06. The number of nitrogens with zero attached hydrogens (tertiary/aromatic N) is 2. The van der Waals surface area contributed by atoms with Crippen LogP contribution in [-0.4, -0.2) is 24.2 Å². The fraction of sp³-hybridized carbons (Fsp3) is 0.588. The molecular formula is C17H25N3. The zero-order chi connectivity index (χ0) is 14.8. The summed E-state index contributed by atoms with van der Waals surface area (Å²) in [5.74, 6) is 0. The fourth-order valence-electron chi connectivity index (χ4n) is 3.11. The van der Waals surface area contributed by atoms with Gasteiger partial charge in [0.2, 0.25) is 0 Å². The quantitative estimate of drug-likeness (QED) is 0.894. The van der Waals surface area contributed by atoms with Gasteiger partial charge in [0.25, 0.3) is 0 Å². The summed E-state index contributed by atoms with van der Waals surface area (Å²) in [7, 11) is 0. The van der Waals surface area contributed by atoms with E-state index in [0.717, 1.165) is 19.4 Å². The van der Waals surface area contributed by atoms with Crippen molar-refractivity contribution in [2.75, 3.05) is 11.4 Å². The van der Waals surface area contributed by atoms with Crippen LogP contribution < -0.4 is 10.2 Å². The Labute approximate surface area is 122 Å². The molecule has 0 amide bonds. The molecule has 3 heteroatoms. The largest absolute Gasteiger partial charge is 0.368 e. The third-order valence-corrected chi connectivity index (χ3v) is 4.06. The van der Waals surface area contributed by atoms with Gasteiger partial charge in [-0.15, -0.1) is 0 Å². The second kappa shape index (κ2) is 5.85.